The van der Waals surface area contributed by atoms with Gasteiger partial charge in [0.25, 0.3) is 5.91 Å². The summed E-state index contributed by atoms with van der Waals surface area (Å²) in [5.74, 6) is -1.79. The number of amides is 1. The summed E-state index contributed by atoms with van der Waals surface area (Å²) in [4.78, 5) is 16.2. The van der Waals surface area contributed by atoms with Gasteiger partial charge in [0.15, 0.2) is 18.2 Å². The zero-order valence-corrected chi connectivity index (χ0v) is 13.8. The number of ether oxygens (including phenoxy) is 1. The molecule has 3 rings (SSSR count). The predicted molar refractivity (Wildman–Crippen MR) is 90.2 cm³/mol. The minimum Gasteiger partial charge on any atom is -0.481 e. The Hall–Kier alpha value is -2.47. The Labute approximate surface area is 145 Å². The SMILES string of the molecule is O=C(COc1ccc(F)cc1F)N1CCN(Cc2ccccc2)CC1. The molecule has 0 atom stereocenters. The van der Waals surface area contributed by atoms with Crippen LogP contribution < -0.4 is 4.74 Å². The number of halogens is 2. The number of benzene rings is 2. The van der Waals surface area contributed by atoms with Crippen molar-refractivity contribution in [2.24, 2.45) is 0 Å². The van der Waals surface area contributed by atoms with Crippen molar-refractivity contribution in [2.75, 3.05) is 32.8 Å². The third-order valence-electron chi connectivity index (χ3n) is 4.22. The van der Waals surface area contributed by atoms with E-state index >= 15 is 0 Å². The van der Waals surface area contributed by atoms with Crippen LogP contribution in [0, 0.1) is 11.6 Å². The average molecular weight is 346 g/mol. The minimum atomic E-state index is -0.805. The van der Waals surface area contributed by atoms with Gasteiger partial charge in [-0.25, -0.2) is 8.78 Å². The summed E-state index contributed by atoms with van der Waals surface area (Å²) in [6, 6.07) is 13.2. The molecule has 0 N–H and O–H groups in total. The van der Waals surface area contributed by atoms with Gasteiger partial charge in [-0.05, 0) is 17.7 Å². The highest BCUT2D eigenvalue weighted by atomic mass is 19.1. The summed E-state index contributed by atoms with van der Waals surface area (Å²) in [5.41, 5.74) is 1.25. The lowest BCUT2D eigenvalue weighted by Gasteiger charge is -2.34. The zero-order chi connectivity index (χ0) is 17.6. The van der Waals surface area contributed by atoms with Crippen molar-refractivity contribution in [2.45, 2.75) is 6.54 Å². The molecule has 1 aliphatic heterocycles. The highest BCUT2D eigenvalue weighted by Crippen LogP contribution is 2.17. The Balaban J connectivity index is 1.45. The van der Waals surface area contributed by atoms with Crippen molar-refractivity contribution < 1.29 is 18.3 Å². The first-order chi connectivity index (χ1) is 12.1. The van der Waals surface area contributed by atoms with Crippen LogP contribution in [0.5, 0.6) is 5.75 Å². The number of nitrogens with zero attached hydrogens (tertiary/aromatic N) is 2. The van der Waals surface area contributed by atoms with Gasteiger partial charge < -0.3 is 9.64 Å². The van der Waals surface area contributed by atoms with Gasteiger partial charge >= 0.3 is 0 Å². The average Bonchev–Trinajstić information content (AvgIpc) is 2.62. The van der Waals surface area contributed by atoms with Crippen LogP contribution in [-0.2, 0) is 11.3 Å². The van der Waals surface area contributed by atoms with Gasteiger partial charge in [0, 0.05) is 38.8 Å². The Bertz CT molecular complexity index is 717. The summed E-state index contributed by atoms with van der Waals surface area (Å²) < 4.78 is 31.5. The Morgan fingerprint density at radius 1 is 1.00 bits per heavy atom. The number of hydrogen-bond acceptors (Lipinski definition) is 3. The molecule has 0 saturated carbocycles. The summed E-state index contributed by atoms with van der Waals surface area (Å²) in [7, 11) is 0. The van der Waals surface area contributed by atoms with Gasteiger partial charge in [-0.2, -0.15) is 0 Å². The molecule has 0 bridgehead atoms. The van der Waals surface area contributed by atoms with E-state index in [1.807, 2.05) is 18.2 Å². The van der Waals surface area contributed by atoms with Crippen molar-refractivity contribution >= 4 is 5.91 Å². The van der Waals surface area contributed by atoms with Gasteiger partial charge in [-0.3, -0.25) is 9.69 Å². The Kier molecular flexibility index (Phi) is 5.60. The molecular weight excluding hydrogens is 326 g/mol. The van der Waals surface area contributed by atoms with E-state index in [0.29, 0.717) is 13.1 Å². The maximum Gasteiger partial charge on any atom is 0.260 e. The monoisotopic (exact) mass is 346 g/mol. The molecule has 0 aliphatic carbocycles. The van der Waals surface area contributed by atoms with E-state index < -0.39 is 11.6 Å². The zero-order valence-electron chi connectivity index (χ0n) is 13.8. The van der Waals surface area contributed by atoms with E-state index in [-0.39, 0.29) is 18.3 Å². The molecule has 0 radical (unpaired) electrons. The maximum atomic E-state index is 13.5. The fourth-order valence-corrected chi connectivity index (χ4v) is 2.82. The molecule has 0 unspecified atom stereocenters. The molecular formula is C19H20F2N2O2. The standard InChI is InChI=1S/C19H20F2N2O2/c20-16-6-7-18(17(21)12-16)25-14-19(24)23-10-8-22(9-11-23)13-15-4-2-1-3-5-15/h1-7,12H,8-11,13-14H2. The van der Waals surface area contributed by atoms with Crippen LogP contribution in [0.3, 0.4) is 0 Å². The van der Waals surface area contributed by atoms with E-state index in [1.54, 1.807) is 4.90 Å². The number of hydrogen-bond donors (Lipinski definition) is 0. The van der Waals surface area contributed by atoms with Gasteiger partial charge in [-0.15, -0.1) is 0 Å². The lowest BCUT2D eigenvalue weighted by Crippen LogP contribution is -2.49. The molecule has 4 nitrogen and oxygen atoms in total. The van der Waals surface area contributed by atoms with Gasteiger partial charge in [0.1, 0.15) is 5.82 Å². The summed E-state index contributed by atoms with van der Waals surface area (Å²) in [6.45, 7) is 3.40. The molecule has 132 valence electrons. The number of carbonyl (C=O) groups excluding carboxylic acids is 1. The van der Waals surface area contributed by atoms with Gasteiger partial charge in [0.2, 0.25) is 0 Å². The molecule has 0 spiro atoms. The second-order valence-corrected chi connectivity index (χ2v) is 6.01. The summed E-state index contributed by atoms with van der Waals surface area (Å²) in [5, 5.41) is 0. The van der Waals surface area contributed by atoms with E-state index in [1.165, 1.54) is 11.6 Å². The van der Waals surface area contributed by atoms with Crippen LogP contribution in [0.4, 0.5) is 8.78 Å². The third-order valence-corrected chi connectivity index (χ3v) is 4.22. The van der Waals surface area contributed by atoms with Crippen LogP contribution in [-0.4, -0.2) is 48.5 Å². The molecule has 1 saturated heterocycles. The van der Waals surface area contributed by atoms with E-state index in [9.17, 15) is 13.6 Å². The largest absolute Gasteiger partial charge is 0.481 e. The van der Waals surface area contributed by atoms with Crippen molar-refractivity contribution in [3.8, 4) is 5.75 Å². The van der Waals surface area contributed by atoms with Crippen LogP contribution in [0.2, 0.25) is 0 Å². The van der Waals surface area contributed by atoms with Gasteiger partial charge in [0.05, 0.1) is 0 Å². The van der Waals surface area contributed by atoms with Crippen LogP contribution >= 0.6 is 0 Å². The second kappa shape index (κ2) is 8.07. The first-order valence-electron chi connectivity index (χ1n) is 8.24. The van der Waals surface area contributed by atoms with E-state index in [0.717, 1.165) is 31.8 Å². The molecule has 2 aromatic carbocycles. The molecule has 6 heteroatoms. The van der Waals surface area contributed by atoms with Crippen LogP contribution in [0.15, 0.2) is 48.5 Å². The molecule has 1 amide bonds. The molecule has 1 aliphatic rings. The van der Waals surface area contributed by atoms with Crippen molar-refractivity contribution in [1.29, 1.82) is 0 Å². The van der Waals surface area contributed by atoms with Crippen LogP contribution in [0.1, 0.15) is 5.56 Å². The fourth-order valence-electron chi connectivity index (χ4n) is 2.82. The third kappa shape index (κ3) is 4.76. The molecule has 0 aromatic heterocycles. The van der Waals surface area contributed by atoms with Crippen molar-refractivity contribution in [3.05, 3.63) is 65.7 Å². The van der Waals surface area contributed by atoms with E-state index in [4.69, 9.17) is 4.74 Å². The lowest BCUT2D eigenvalue weighted by molar-refractivity contribution is -0.135. The highest BCUT2D eigenvalue weighted by Gasteiger charge is 2.21. The lowest BCUT2D eigenvalue weighted by atomic mass is 10.2. The normalized spacial score (nSPS) is 15.2. The number of piperazine rings is 1. The molecule has 1 fully saturated rings. The molecule has 25 heavy (non-hydrogen) atoms. The summed E-state index contributed by atoms with van der Waals surface area (Å²) in [6.07, 6.45) is 0. The first kappa shape index (κ1) is 17.4. The summed E-state index contributed by atoms with van der Waals surface area (Å²) >= 11 is 0. The second-order valence-electron chi connectivity index (χ2n) is 6.01. The topological polar surface area (TPSA) is 32.8 Å². The Morgan fingerprint density at radius 2 is 1.72 bits per heavy atom. The van der Waals surface area contributed by atoms with Crippen molar-refractivity contribution in [1.82, 2.24) is 9.80 Å². The highest BCUT2D eigenvalue weighted by molar-refractivity contribution is 5.77. The van der Waals surface area contributed by atoms with Crippen molar-refractivity contribution in [3.63, 3.8) is 0 Å². The number of carbonyl (C=O) groups is 1. The maximum absolute atomic E-state index is 13.5. The number of rotatable bonds is 5. The van der Waals surface area contributed by atoms with Gasteiger partial charge in [-0.1, -0.05) is 30.3 Å². The molecule has 1 heterocycles. The van der Waals surface area contributed by atoms with E-state index in [2.05, 4.69) is 17.0 Å². The minimum absolute atomic E-state index is 0.113. The smallest absolute Gasteiger partial charge is 0.260 e. The quantitative estimate of drug-likeness (QED) is 0.835. The predicted octanol–water partition coefficient (Wildman–Crippen LogP) is 2.69. The fraction of sp³-hybridized carbons (Fsp3) is 0.316. The first-order valence-corrected chi connectivity index (χ1v) is 8.24. The molecule has 2 aromatic rings. The Morgan fingerprint density at radius 3 is 2.40 bits per heavy atom. The van der Waals surface area contributed by atoms with Crippen LogP contribution in [0.25, 0.3) is 0 Å².